The molecular weight excluding hydrogens is 451 g/mol. The van der Waals surface area contributed by atoms with Crippen molar-refractivity contribution in [3.63, 3.8) is 0 Å². The van der Waals surface area contributed by atoms with E-state index in [1.807, 2.05) is 0 Å². The van der Waals surface area contributed by atoms with Crippen molar-refractivity contribution in [3.8, 4) is 0 Å². The van der Waals surface area contributed by atoms with Crippen LogP contribution < -0.4 is 21.7 Å². The molecule has 2 aliphatic rings. The van der Waals surface area contributed by atoms with Gasteiger partial charge in [-0.05, 0) is 13.1 Å². The summed E-state index contributed by atoms with van der Waals surface area (Å²) in [6.45, 7) is 0.0540. The van der Waals surface area contributed by atoms with E-state index in [9.17, 15) is 18.0 Å². The highest BCUT2D eigenvalue weighted by Gasteiger charge is 2.41. The van der Waals surface area contributed by atoms with Gasteiger partial charge in [-0.3, -0.25) is 15.1 Å². The minimum atomic E-state index is -4.94. The number of nitrogens with zero attached hydrogens (tertiary/aromatic N) is 5. The lowest BCUT2D eigenvalue weighted by molar-refractivity contribution is -0.117. The third kappa shape index (κ3) is 5.42. The summed E-state index contributed by atoms with van der Waals surface area (Å²) in [7, 11) is 1.68. The number of aliphatic imine (C=N–C) groups is 2. The van der Waals surface area contributed by atoms with Gasteiger partial charge in [0.25, 0.3) is 5.91 Å². The monoisotopic (exact) mass is 469 g/mol. The second kappa shape index (κ2) is 9.78. The first-order valence-corrected chi connectivity index (χ1v) is 9.61. The molecule has 5 N–H and O–H groups in total. The van der Waals surface area contributed by atoms with Crippen LogP contribution in [0.3, 0.4) is 0 Å². The van der Waals surface area contributed by atoms with Crippen LogP contribution in [-0.2, 0) is 4.79 Å². The lowest BCUT2D eigenvalue weighted by atomic mass is 10.1. The standard InChI is InChI=1S/C18H19ClF3N9O/c1-24-14-3-2-10(8-25-14)29-15(18(20,21)22)12(7-23)17(32)30-11-6-13(19)16(26-9-11)31-27-4-5-28-31/h2,4-8,14,24,26H,3,9,23H2,1H3,(H,30,32). The Labute approximate surface area is 185 Å². The number of carbonyl (C=O) groups excluding carboxylic acids is 1. The van der Waals surface area contributed by atoms with E-state index in [-0.39, 0.29) is 29.1 Å². The summed E-state index contributed by atoms with van der Waals surface area (Å²) in [5, 5.41) is 16.1. The average Bonchev–Trinajstić information content (AvgIpc) is 3.28. The largest absolute Gasteiger partial charge is 0.434 e. The lowest BCUT2D eigenvalue weighted by Crippen LogP contribution is -2.38. The predicted octanol–water partition coefficient (Wildman–Crippen LogP) is 0.996. The number of rotatable bonds is 6. The van der Waals surface area contributed by atoms with Crippen molar-refractivity contribution in [3.05, 3.63) is 52.7 Å². The highest BCUT2D eigenvalue weighted by Crippen LogP contribution is 2.25. The fourth-order valence-corrected chi connectivity index (χ4v) is 3.05. The number of nitrogens with one attached hydrogen (secondary N) is 3. The zero-order chi connectivity index (χ0) is 23.3. The molecular formula is C18H19ClF3N9O. The molecule has 0 saturated heterocycles. The van der Waals surface area contributed by atoms with Crippen LogP contribution in [0, 0.1) is 0 Å². The maximum Gasteiger partial charge on any atom is 0.434 e. The molecule has 170 valence electrons. The van der Waals surface area contributed by atoms with Gasteiger partial charge in [0.1, 0.15) is 6.17 Å². The van der Waals surface area contributed by atoms with Crippen molar-refractivity contribution in [2.45, 2.75) is 18.8 Å². The van der Waals surface area contributed by atoms with Crippen LogP contribution in [0.4, 0.5) is 13.2 Å². The molecule has 1 aromatic rings. The van der Waals surface area contributed by atoms with Crippen molar-refractivity contribution in [1.82, 2.24) is 30.9 Å². The minimum Gasteiger partial charge on any atom is -0.404 e. The highest BCUT2D eigenvalue weighted by molar-refractivity contribution is 6.33. The second-order valence-corrected chi connectivity index (χ2v) is 6.89. The molecule has 0 radical (unpaired) electrons. The molecule has 0 saturated carbocycles. The van der Waals surface area contributed by atoms with Crippen molar-refractivity contribution in [2.75, 3.05) is 13.6 Å². The van der Waals surface area contributed by atoms with Gasteiger partial charge in [-0.1, -0.05) is 17.7 Å². The number of hydrogen-bond donors (Lipinski definition) is 4. The number of aromatic nitrogens is 3. The third-order valence-electron chi connectivity index (χ3n) is 4.31. The molecule has 32 heavy (non-hydrogen) atoms. The number of alkyl halides is 3. The van der Waals surface area contributed by atoms with E-state index >= 15 is 0 Å². The van der Waals surface area contributed by atoms with E-state index in [0.29, 0.717) is 18.4 Å². The molecule has 14 heteroatoms. The fraction of sp³-hybridized carbons (Fsp3) is 0.278. The van der Waals surface area contributed by atoms with Gasteiger partial charge in [0.2, 0.25) is 0 Å². The molecule has 3 rings (SSSR count). The van der Waals surface area contributed by atoms with Crippen LogP contribution in [0.1, 0.15) is 6.42 Å². The normalized spacial score (nSPS) is 20.0. The van der Waals surface area contributed by atoms with Gasteiger partial charge in [0.05, 0.1) is 35.2 Å². The Morgan fingerprint density at radius 3 is 2.66 bits per heavy atom. The number of carbonyl (C=O) groups is 1. The van der Waals surface area contributed by atoms with Crippen LogP contribution in [0.5, 0.6) is 0 Å². The number of allylic oxidation sites excluding steroid dienone is 3. The summed E-state index contributed by atoms with van der Waals surface area (Å²) in [5.74, 6) is -0.742. The van der Waals surface area contributed by atoms with E-state index in [2.05, 4.69) is 36.1 Å². The van der Waals surface area contributed by atoms with E-state index < -0.39 is 23.4 Å². The molecule has 0 aromatic carbocycles. The van der Waals surface area contributed by atoms with Crippen LogP contribution >= 0.6 is 11.6 Å². The Balaban J connectivity index is 1.82. The van der Waals surface area contributed by atoms with Gasteiger partial charge in [0, 0.05) is 24.5 Å². The molecule has 1 amide bonds. The number of amides is 1. The number of dihydropyridines is 2. The summed E-state index contributed by atoms with van der Waals surface area (Å²) < 4.78 is 41.1. The van der Waals surface area contributed by atoms with E-state index in [1.54, 1.807) is 7.05 Å². The SMILES string of the molecule is CNC1CC=C(N=C(C(=CN)C(=O)NC2=CC(Cl)=C(n3nccn3)NC2)C(F)(F)F)C=N1. The zero-order valence-corrected chi connectivity index (χ0v) is 17.4. The van der Waals surface area contributed by atoms with Crippen LogP contribution in [-0.4, -0.2) is 58.8 Å². The summed E-state index contributed by atoms with van der Waals surface area (Å²) in [6.07, 6.45) is 2.67. The Morgan fingerprint density at radius 2 is 2.12 bits per heavy atom. The molecule has 10 nitrogen and oxygen atoms in total. The summed E-state index contributed by atoms with van der Waals surface area (Å²) in [6, 6.07) is 0. The lowest BCUT2D eigenvalue weighted by Gasteiger charge is -2.20. The molecule has 3 heterocycles. The first-order valence-electron chi connectivity index (χ1n) is 9.24. The van der Waals surface area contributed by atoms with E-state index in [4.69, 9.17) is 17.3 Å². The maximum atomic E-state index is 13.7. The molecule has 1 unspecified atom stereocenters. The Bertz CT molecular complexity index is 1050. The average molecular weight is 470 g/mol. The summed E-state index contributed by atoms with van der Waals surface area (Å²) in [5.41, 5.74) is 3.28. The number of nitrogens with two attached hydrogens (primary N) is 1. The zero-order valence-electron chi connectivity index (χ0n) is 16.7. The van der Waals surface area contributed by atoms with Gasteiger partial charge in [-0.15, -0.1) is 4.80 Å². The topological polar surface area (TPSA) is 135 Å². The Hall–Kier alpha value is -3.45. The van der Waals surface area contributed by atoms with Crippen molar-refractivity contribution < 1.29 is 18.0 Å². The maximum absolute atomic E-state index is 13.7. The van der Waals surface area contributed by atoms with Crippen molar-refractivity contribution in [2.24, 2.45) is 15.7 Å². The van der Waals surface area contributed by atoms with E-state index in [0.717, 1.165) is 0 Å². The van der Waals surface area contributed by atoms with Crippen LogP contribution in [0.25, 0.3) is 5.82 Å². The molecule has 0 spiro atoms. The van der Waals surface area contributed by atoms with Gasteiger partial charge in [-0.25, -0.2) is 4.99 Å². The first kappa shape index (κ1) is 23.2. The third-order valence-corrected chi connectivity index (χ3v) is 4.60. The number of hydrogen-bond acceptors (Lipinski definition) is 8. The van der Waals surface area contributed by atoms with Crippen molar-refractivity contribution >= 4 is 35.3 Å². The van der Waals surface area contributed by atoms with Gasteiger partial charge < -0.3 is 16.4 Å². The van der Waals surface area contributed by atoms with Gasteiger partial charge in [-0.2, -0.15) is 23.4 Å². The van der Waals surface area contributed by atoms with Gasteiger partial charge >= 0.3 is 6.18 Å². The van der Waals surface area contributed by atoms with Crippen molar-refractivity contribution in [1.29, 1.82) is 0 Å². The molecule has 0 aliphatic carbocycles. The first-order chi connectivity index (χ1) is 15.2. The fourth-order valence-electron chi connectivity index (χ4n) is 2.77. The molecule has 0 bridgehead atoms. The summed E-state index contributed by atoms with van der Waals surface area (Å²) in [4.78, 5) is 21.5. The van der Waals surface area contributed by atoms with Crippen LogP contribution in [0.15, 0.2) is 62.7 Å². The summed E-state index contributed by atoms with van der Waals surface area (Å²) >= 11 is 6.17. The molecule has 1 aromatic heterocycles. The number of halogens is 4. The quantitative estimate of drug-likeness (QED) is 0.362. The van der Waals surface area contributed by atoms with Crippen LogP contribution in [0.2, 0.25) is 0 Å². The molecule has 1 atom stereocenters. The van der Waals surface area contributed by atoms with E-state index in [1.165, 1.54) is 35.6 Å². The Morgan fingerprint density at radius 1 is 1.41 bits per heavy atom. The predicted molar refractivity (Wildman–Crippen MR) is 113 cm³/mol. The highest BCUT2D eigenvalue weighted by atomic mass is 35.5. The Kier molecular flexibility index (Phi) is 7.10. The smallest absolute Gasteiger partial charge is 0.404 e. The second-order valence-electron chi connectivity index (χ2n) is 6.48. The molecule has 2 aliphatic heterocycles. The minimum absolute atomic E-state index is 0.0307. The van der Waals surface area contributed by atoms with Gasteiger partial charge in [0.15, 0.2) is 11.5 Å². The molecule has 0 fully saturated rings.